The number of ether oxygens (including phenoxy) is 1. The minimum Gasteiger partial charge on any atom is -0.472 e. The second-order valence-electron chi connectivity index (χ2n) is 7.89. The molecule has 0 fully saturated rings. The molecule has 0 radical (unpaired) electrons. The number of fused-ring (bicyclic) bond motifs is 1. The van der Waals surface area contributed by atoms with E-state index in [1.54, 1.807) is 33.0 Å². The quantitative estimate of drug-likeness (QED) is 0.479. The highest BCUT2D eigenvalue weighted by atomic mass is 35.5. The third kappa shape index (κ3) is 5.04. The van der Waals surface area contributed by atoms with Gasteiger partial charge in [0, 0.05) is 24.5 Å². The molecule has 3 N–H and O–H groups in total. The van der Waals surface area contributed by atoms with Gasteiger partial charge in [-0.2, -0.15) is 0 Å². The standard InChI is InChI=1S/C22H22ClFN4O5S2/c1-11-6-13(28-10-33-17-9-16(25-3)15(24)8-14(17)21(28)29)7-12(2)20(11)26-22(30)27-35(31,32)19-5-4-18(23)34-19/h5-9,18,25H,4,10H2,1-3H3,(H2,26,27,30). The van der Waals surface area contributed by atoms with Gasteiger partial charge >= 0.3 is 6.03 Å². The van der Waals surface area contributed by atoms with Crippen molar-refractivity contribution in [2.75, 3.05) is 29.3 Å². The Balaban J connectivity index is 1.53. The molecule has 0 saturated heterocycles. The van der Waals surface area contributed by atoms with Crippen molar-refractivity contribution < 1.29 is 27.1 Å². The predicted molar refractivity (Wildman–Crippen MR) is 135 cm³/mol. The van der Waals surface area contributed by atoms with Crippen molar-refractivity contribution in [1.82, 2.24) is 4.72 Å². The summed E-state index contributed by atoms with van der Waals surface area (Å²) in [5.41, 5.74) is 2.34. The van der Waals surface area contributed by atoms with Crippen LogP contribution in [0.4, 0.5) is 26.2 Å². The first-order valence-electron chi connectivity index (χ1n) is 10.4. The zero-order valence-electron chi connectivity index (χ0n) is 18.9. The average Bonchev–Trinajstić information content (AvgIpc) is 3.23. The number of urea groups is 1. The van der Waals surface area contributed by atoms with Crippen molar-refractivity contribution >= 4 is 62.4 Å². The summed E-state index contributed by atoms with van der Waals surface area (Å²) in [6, 6.07) is 4.93. The van der Waals surface area contributed by atoms with Crippen LogP contribution in [-0.2, 0) is 10.0 Å². The van der Waals surface area contributed by atoms with Crippen LogP contribution in [0.15, 0.2) is 34.6 Å². The molecule has 3 amide bonds. The number of rotatable bonds is 5. The lowest BCUT2D eigenvalue weighted by Crippen LogP contribution is -2.39. The molecule has 0 saturated carbocycles. The van der Waals surface area contributed by atoms with Gasteiger partial charge < -0.3 is 15.4 Å². The molecule has 35 heavy (non-hydrogen) atoms. The molecule has 9 nitrogen and oxygen atoms in total. The first-order chi connectivity index (χ1) is 16.5. The number of alkyl halides is 1. The summed E-state index contributed by atoms with van der Waals surface area (Å²) in [6.45, 7) is 3.33. The molecule has 1 unspecified atom stereocenters. The van der Waals surface area contributed by atoms with Crippen molar-refractivity contribution in [2.24, 2.45) is 0 Å². The van der Waals surface area contributed by atoms with Gasteiger partial charge in [-0.1, -0.05) is 17.8 Å². The summed E-state index contributed by atoms with van der Waals surface area (Å²) in [4.78, 5) is 26.8. The monoisotopic (exact) mass is 540 g/mol. The highest BCUT2D eigenvalue weighted by Gasteiger charge is 2.30. The lowest BCUT2D eigenvalue weighted by molar-refractivity contribution is 0.0936. The van der Waals surface area contributed by atoms with Gasteiger partial charge in [0.05, 0.1) is 16.0 Å². The summed E-state index contributed by atoms with van der Waals surface area (Å²) in [6.07, 6.45) is 1.85. The number of hydrogen-bond donors (Lipinski definition) is 3. The van der Waals surface area contributed by atoms with E-state index >= 15 is 0 Å². The van der Waals surface area contributed by atoms with Crippen molar-refractivity contribution in [3.63, 3.8) is 0 Å². The largest absolute Gasteiger partial charge is 0.472 e. The minimum absolute atomic E-state index is 0.00129. The Morgan fingerprint density at radius 3 is 2.51 bits per heavy atom. The zero-order chi connectivity index (χ0) is 25.5. The second-order valence-corrected chi connectivity index (χ2v) is 11.8. The van der Waals surface area contributed by atoms with Crippen LogP contribution in [0.1, 0.15) is 27.9 Å². The molecular weight excluding hydrogens is 519 g/mol. The van der Waals surface area contributed by atoms with Crippen LogP contribution in [0.3, 0.4) is 0 Å². The van der Waals surface area contributed by atoms with Crippen LogP contribution in [0, 0.1) is 19.7 Å². The summed E-state index contributed by atoms with van der Waals surface area (Å²) < 4.78 is 46.3. The molecule has 4 rings (SSSR count). The van der Waals surface area contributed by atoms with Gasteiger partial charge in [0.1, 0.15) is 15.8 Å². The molecule has 0 spiro atoms. The average molecular weight is 541 g/mol. The maximum absolute atomic E-state index is 14.2. The van der Waals surface area contributed by atoms with E-state index in [0.29, 0.717) is 28.9 Å². The van der Waals surface area contributed by atoms with Crippen molar-refractivity contribution in [1.29, 1.82) is 0 Å². The zero-order valence-corrected chi connectivity index (χ0v) is 21.3. The van der Waals surface area contributed by atoms with Gasteiger partial charge in [0.2, 0.25) is 0 Å². The highest BCUT2D eigenvalue weighted by Crippen LogP contribution is 2.38. The number of halogens is 2. The summed E-state index contributed by atoms with van der Waals surface area (Å²) in [7, 11) is -2.47. The molecule has 2 aliphatic heterocycles. The normalized spacial score (nSPS) is 17.4. The van der Waals surface area contributed by atoms with Crippen molar-refractivity contribution in [3.05, 3.63) is 57.1 Å². The van der Waals surface area contributed by atoms with E-state index in [1.807, 2.05) is 4.72 Å². The fourth-order valence-corrected chi connectivity index (χ4v) is 6.61. The van der Waals surface area contributed by atoms with E-state index in [1.165, 1.54) is 17.0 Å². The highest BCUT2D eigenvalue weighted by molar-refractivity contribution is 8.19. The topological polar surface area (TPSA) is 117 Å². The van der Waals surface area contributed by atoms with Gasteiger partial charge in [-0.3, -0.25) is 9.69 Å². The first kappa shape index (κ1) is 25.1. The van der Waals surface area contributed by atoms with Crippen LogP contribution in [0.5, 0.6) is 5.75 Å². The Hall–Kier alpha value is -2.96. The van der Waals surface area contributed by atoms with Crippen LogP contribution in [0.2, 0.25) is 0 Å². The second kappa shape index (κ2) is 9.59. The third-order valence-corrected chi connectivity index (χ3v) is 8.83. The van der Waals surface area contributed by atoms with Crippen LogP contribution in [0.25, 0.3) is 0 Å². The summed E-state index contributed by atoms with van der Waals surface area (Å²) >= 11 is 6.88. The van der Waals surface area contributed by atoms with Crippen molar-refractivity contribution in [3.8, 4) is 5.75 Å². The number of hydrogen-bond acceptors (Lipinski definition) is 7. The van der Waals surface area contributed by atoms with Gasteiger partial charge in [-0.15, -0.1) is 11.6 Å². The van der Waals surface area contributed by atoms with Gasteiger partial charge in [0.25, 0.3) is 15.9 Å². The molecule has 186 valence electrons. The van der Waals surface area contributed by atoms with E-state index in [0.717, 1.165) is 17.8 Å². The van der Waals surface area contributed by atoms with E-state index in [9.17, 15) is 22.4 Å². The summed E-state index contributed by atoms with van der Waals surface area (Å²) in [5, 5.41) is 5.26. The smallest absolute Gasteiger partial charge is 0.333 e. The number of thioether (sulfide) groups is 1. The van der Waals surface area contributed by atoms with Gasteiger partial charge in [-0.25, -0.2) is 22.3 Å². The number of amides is 3. The molecule has 0 aliphatic carbocycles. The number of benzene rings is 2. The molecule has 1 atom stereocenters. The van der Waals surface area contributed by atoms with Crippen LogP contribution >= 0.6 is 23.4 Å². The van der Waals surface area contributed by atoms with E-state index < -0.39 is 32.5 Å². The Labute approximate surface area is 211 Å². The number of allylic oxidation sites excluding steroid dienone is 1. The number of sulfonamides is 1. The SMILES string of the molecule is CNc1cc2c(cc1F)C(=O)N(c1cc(C)c(NC(=O)NS(=O)(=O)C3=CCC(Cl)S3)c(C)c1)CO2. The molecular formula is C22H22ClFN4O5S2. The fraction of sp³-hybridized carbons (Fsp3) is 0.273. The Morgan fingerprint density at radius 2 is 1.91 bits per heavy atom. The molecule has 2 aromatic carbocycles. The molecule has 2 aliphatic rings. The van der Waals surface area contributed by atoms with Gasteiger partial charge in [0.15, 0.2) is 6.73 Å². The number of nitrogens with zero attached hydrogens (tertiary/aromatic N) is 1. The molecule has 13 heteroatoms. The minimum atomic E-state index is -4.03. The summed E-state index contributed by atoms with van der Waals surface area (Å²) in [5.74, 6) is -0.736. The third-order valence-electron chi connectivity index (χ3n) is 5.44. The number of carbonyl (C=O) groups is 2. The number of aryl methyl sites for hydroxylation is 2. The van der Waals surface area contributed by atoms with E-state index in [2.05, 4.69) is 10.6 Å². The molecule has 0 bridgehead atoms. The molecule has 2 heterocycles. The fourth-order valence-electron chi connectivity index (χ4n) is 3.75. The first-order valence-corrected chi connectivity index (χ1v) is 13.2. The van der Waals surface area contributed by atoms with Crippen molar-refractivity contribution in [2.45, 2.75) is 25.0 Å². The predicted octanol–water partition coefficient (Wildman–Crippen LogP) is 4.48. The number of carbonyl (C=O) groups excluding carboxylic acids is 2. The Kier molecular flexibility index (Phi) is 6.89. The maximum Gasteiger partial charge on any atom is 0.333 e. The lowest BCUT2D eigenvalue weighted by Gasteiger charge is -2.30. The Bertz CT molecular complexity index is 1340. The molecule has 0 aromatic heterocycles. The number of anilines is 3. The maximum atomic E-state index is 14.2. The van der Waals surface area contributed by atoms with Crippen LogP contribution < -0.4 is 25.0 Å². The van der Waals surface area contributed by atoms with Gasteiger partial charge in [-0.05, 0) is 49.6 Å². The molecule has 2 aromatic rings. The van der Waals surface area contributed by atoms with Crippen LogP contribution in [-0.4, -0.2) is 38.8 Å². The lowest BCUT2D eigenvalue weighted by atomic mass is 10.1. The van der Waals surface area contributed by atoms with E-state index in [-0.39, 0.29) is 28.0 Å². The van der Waals surface area contributed by atoms with E-state index in [4.69, 9.17) is 16.3 Å². The number of nitrogens with one attached hydrogen (secondary N) is 3. The Morgan fingerprint density at radius 1 is 1.23 bits per heavy atom.